The van der Waals surface area contributed by atoms with Crippen LogP contribution in [0.25, 0.3) is 0 Å². The molecule has 15 heavy (non-hydrogen) atoms. The van der Waals surface area contributed by atoms with E-state index in [-0.39, 0.29) is 5.92 Å². The minimum Gasteiger partial charge on any atom is -0.481 e. The lowest BCUT2D eigenvalue weighted by atomic mass is 9.71. The Labute approximate surface area is 88.9 Å². The topological polar surface area (TPSA) is 37.3 Å². The summed E-state index contributed by atoms with van der Waals surface area (Å²) in [5, 5.41) is 8.98. The molecule has 0 spiro atoms. The fraction of sp³-hybridized carbons (Fsp3) is 0.462. The van der Waals surface area contributed by atoms with E-state index in [2.05, 4.69) is 6.07 Å². The SMILES string of the molecule is O=C(O)C1Cc2c1ccc1c2CCCC1. The molecule has 2 aliphatic carbocycles. The number of aryl methyl sites for hydroxylation is 1. The van der Waals surface area contributed by atoms with Crippen molar-refractivity contribution in [3.8, 4) is 0 Å². The minimum atomic E-state index is -0.668. The van der Waals surface area contributed by atoms with Gasteiger partial charge in [-0.15, -0.1) is 0 Å². The van der Waals surface area contributed by atoms with Gasteiger partial charge >= 0.3 is 5.97 Å². The summed E-state index contributed by atoms with van der Waals surface area (Å²) in [5.41, 5.74) is 5.35. The number of fused-ring (bicyclic) bond motifs is 3. The van der Waals surface area contributed by atoms with E-state index in [0.717, 1.165) is 18.4 Å². The van der Waals surface area contributed by atoms with Gasteiger partial charge in [-0.25, -0.2) is 0 Å². The van der Waals surface area contributed by atoms with Crippen LogP contribution in [-0.4, -0.2) is 11.1 Å². The number of rotatable bonds is 1. The lowest BCUT2D eigenvalue weighted by Gasteiger charge is -2.32. The molecule has 78 valence electrons. The zero-order valence-corrected chi connectivity index (χ0v) is 8.62. The van der Waals surface area contributed by atoms with E-state index >= 15 is 0 Å². The van der Waals surface area contributed by atoms with Crippen LogP contribution in [-0.2, 0) is 24.1 Å². The summed E-state index contributed by atoms with van der Waals surface area (Å²) in [4.78, 5) is 10.9. The highest BCUT2D eigenvalue weighted by Gasteiger charge is 2.34. The van der Waals surface area contributed by atoms with Crippen molar-refractivity contribution in [3.63, 3.8) is 0 Å². The first-order valence-electron chi connectivity index (χ1n) is 5.63. The summed E-state index contributed by atoms with van der Waals surface area (Å²) in [5.74, 6) is -0.898. The number of benzene rings is 1. The Balaban J connectivity index is 2.05. The standard InChI is InChI=1S/C13H14O2/c14-13(15)12-7-11-9-4-2-1-3-8(9)5-6-10(11)12/h5-6,12H,1-4,7H2,(H,14,15). The molecule has 0 aliphatic heterocycles. The molecule has 2 heteroatoms. The first kappa shape index (κ1) is 8.96. The average molecular weight is 202 g/mol. The van der Waals surface area contributed by atoms with E-state index in [1.165, 1.54) is 36.0 Å². The van der Waals surface area contributed by atoms with Crippen molar-refractivity contribution in [1.29, 1.82) is 0 Å². The molecule has 1 aromatic rings. The molecule has 0 amide bonds. The first-order valence-corrected chi connectivity index (χ1v) is 5.63. The number of hydrogen-bond donors (Lipinski definition) is 1. The predicted molar refractivity (Wildman–Crippen MR) is 57.2 cm³/mol. The highest BCUT2D eigenvalue weighted by molar-refractivity contribution is 5.81. The molecule has 2 aliphatic rings. The summed E-state index contributed by atoms with van der Waals surface area (Å²) in [6.07, 6.45) is 5.65. The Kier molecular flexibility index (Phi) is 1.84. The molecule has 0 bridgehead atoms. The van der Waals surface area contributed by atoms with Crippen LogP contribution in [0.5, 0.6) is 0 Å². The average Bonchev–Trinajstić information content (AvgIpc) is 2.17. The van der Waals surface area contributed by atoms with Crippen molar-refractivity contribution >= 4 is 5.97 Å². The quantitative estimate of drug-likeness (QED) is 0.758. The summed E-state index contributed by atoms with van der Waals surface area (Å²) < 4.78 is 0. The molecule has 0 aromatic heterocycles. The number of aliphatic carboxylic acids is 1. The van der Waals surface area contributed by atoms with Gasteiger partial charge in [0.2, 0.25) is 0 Å². The molecule has 1 unspecified atom stereocenters. The van der Waals surface area contributed by atoms with Gasteiger partial charge in [-0.3, -0.25) is 4.79 Å². The van der Waals surface area contributed by atoms with E-state index in [1.807, 2.05) is 6.07 Å². The normalized spacial score (nSPS) is 22.5. The van der Waals surface area contributed by atoms with Crippen LogP contribution in [0, 0.1) is 0 Å². The third-order valence-electron chi connectivity index (χ3n) is 3.77. The van der Waals surface area contributed by atoms with Crippen molar-refractivity contribution in [2.45, 2.75) is 38.0 Å². The van der Waals surface area contributed by atoms with Gasteiger partial charge in [0.25, 0.3) is 0 Å². The van der Waals surface area contributed by atoms with Gasteiger partial charge in [-0.2, -0.15) is 0 Å². The Bertz CT molecular complexity index is 434. The Hall–Kier alpha value is -1.31. The number of carboxylic acids is 1. The zero-order valence-electron chi connectivity index (χ0n) is 8.62. The summed E-state index contributed by atoms with van der Waals surface area (Å²) >= 11 is 0. The second-order valence-corrected chi connectivity index (χ2v) is 4.57. The maximum absolute atomic E-state index is 10.9. The molecule has 0 saturated heterocycles. The predicted octanol–water partition coefficient (Wildman–Crippen LogP) is 2.29. The molecule has 2 nitrogen and oxygen atoms in total. The lowest BCUT2D eigenvalue weighted by Crippen LogP contribution is -2.27. The van der Waals surface area contributed by atoms with E-state index < -0.39 is 5.97 Å². The van der Waals surface area contributed by atoms with Gasteiger partial charge in [0, 0.05) is 0 Å². The highest BCUT2D eigenvalue weighted by Crippen LogP contribution is 2.40. The highest BCUT2D eigenvalue weighted by atomic mass is 16.4. The second-order valence-electron chi connectivity index (χ2n) is 4.57. The molecule has 1 N–H and O–H groups in total. The Morgan fingerprint density at radius 1 is 1.20 bits per heavy atom. The van der Waals surface area contributed by atoms with Crippen molar-refractivity contribution < 1.29 is 9.90 Å². The summed E-state index contributed by atoms with van der Waals surface area (Å²) in [7, 11) is 0. The van der Waals surface area contributed by atoms with Crippen LogP contribution in [0.3, 0.4) is 0 Å². The third-order valence-corrected chi connectivity index (χ3v) is 3.77. The molecular weight excluding hydrogens is 188 g/mol. The van der Waals surface area contributed by atoms with Gasteiger partial charge in [-0.1, -0.05) is 12.1 Å². The van der Waals surface area contributed by atoms with Crippen LogP contribution in [0.2, 0.25) is 0 Å². The number of hydrogen-bond acceptors (Lipinski definition) is 1. The van der Waals surface area contributed by atoms with Crippen molar-refractivity contribution in [2.24, 2.45) is 0 Å². The molecule has 3 rings (SSSR count). The molecule has 1 atom stereocenters. The van der Waals surface area contributed by atoms with Crippen molar-refractivity contribution in [3.05, 3.63) is 34.4 Å². The van der Waals surface area contributed by atoms with E-state index in [0.29, 0.717) is 0 Å². The van der Waals surface area contributed by atoms with E-state index in [9.17, 15) is 4.79 Å². The van der Waals surface area contributed by atoms with Crippen LogP contribution in [0.4, 0.5) is 0 Å². The van der Waals surface area contributed by atoms with Gasteiger partial charge in [0.05, 0.1) is 5.92 Å². The minimum absolute atomic E-state index is 0.229. The molecule has 0 radical (unpaired) electrons. The van der Waals surface area contributed by atoms with Crippen molar-refractivity contribution in [2.75, 3.05) is 0 Å². The molecule has 0 saturated carbocycles. The Morgan fingerprint density at radius 2 is 2.00 bits per heavy atom. The maximum atomic E-state index is 10.9. The van der Waals surface area contributed by atoms with E-state index in [4.69, 9.17) is 5.11 Å². The summed E-state index contributed by atoms with van der Waals surface area (Å²) in [6.45, 7) is 0. The number of carboxylic acid groups (broad SMARTS) is 1. The monoisotopic (exact) mass is 202 g/mol. The van der Waals surface area contributed by atoms with Crippen LogP contribution in [0.15, 0.2) is 12.1 Å². The molecule has 1 aromatic carbocycles. The molecule has 0 heterocycles. The van der Waals surface area contributed by atoms with Crippen LogP contribution in [0.1, 0.15) is 41.0 Å². The van der Waals surface area contributed by atoms with Gasteiger partial charge in [0.15, 0.2) is 0 Å². The third kappa shape index (κ3) is 1.21. The Morgan fingerprint density at radius 3 is 2.80 bits per heavy atom. The summed E-state index contributed by atoms with van der Waals surface area (Å²) in [6, 6.07) is 4.17. The van der Waals surface area contributed by atoms with Gasteiger partial charge in [-0.05, 0) is 54.4 Å². The zero-order chi connectivity index (χ0) is 10.4. The first-order chi connectivity index (χ1) is 7.27. The molecule has 0 fully saturated rings. The number of carbonyl (C=O) groups is 1. The largest absolute Gasteiger partial charge is 0.481 e. The van der Waals surface area contributed by atoms with Crippen LogP contribution >= 0.6 is 0 Å². The van der Waals surface area contributed by atoms with Gasteiger partial charge < -0.3 is 5.11 Å². The molecular formula is C13H14O2. The van der Waals surface area contributed by atoms with Crippen LogP contribution < -0.4 is 0 Å². The van der Waals surface area contributed by atoms with E-state index in [1.54, 1.807) is 0 Å². The second kappa shape index (κ2) is 3.09. The fourth-order valence-electron chi connectivity index (χ4n) is 2.89. The van der Waals surface area contributed by atoms with Crippen molar-refractivity contribution in [1.82, 2.24) is 0 Å². The lowest BCUT2D eigenvalue weighted by molar-refractivity contribution is -0.139. The smallest absolute Gasteiger partial charge is 0.311 e. The van der Waals surface area contributed by atoms with Gasteiger partial charge in [0.1, 0.15) is 0 Å². The fourth-order valence-corrected chi connectivity index (χ4v) is 2.89. The maximum Gasteiger partial charge on any atom is 0.311 e.